The standard InChI is InChI=1S/C13H15N3O3S/c1-7(2)5-10(17)15-11-4-3-9(20-11)12-8(13(14)18)6-19-16-12/h3-4,6-7H,5H2,1-2H3,(H2,14,18)(H,15,17). The topological polar surface area (TPSA) is 98.2 Å². The smallest absolute Gasteiger partial charge is 0.254 e. The van der Waals surface area contributed by atoms with E-state index in [1.807, 2.05) is 13.8 Å². The van der Waals surface area contributed by atoms with Crippen LogP contribution in [0, 0.1) is 5.92 Å². The third-order valence-corrected chi connectivity index (χ3v) is 3.54. The third-order valence-electron chi connectivity index (χ3n) is 2.53. The second kappa shape index (κ2) is 5.87. The fraction of sp³-hybridized carbons (Fsp3) is 0.308. The lowest BCUT2D eigenvalue weighted by atomic mass is 10.1. The Bertz CT molecular complexity index is 630. The van der Waals surface area contributed by atoms with E-state index in [0.717, 1.165) is 0 Å². The maximum absolute atomic E-state index is 11.7. The molecule has 0 bridgehead atoms. The van der Waals surface area contributed by atoms with E-state index in [4.69, 9.17) is 10.3 Å². The Balaban J connectivity index is 2.15. The van der Waals surface area contributed by atoms with Crippen LogP contribution in [0.3, 0.4) is 0 Å². The van der Waals surface area contributed by atoms with Crippen molar-refractivity contribution < 1.29 is 14.1 Å². The lowest BCUT2D eigenvalue weighted by molar-refractivity contribution is -0.116. The number of amides is 2. The summed E-state index contributed by atoms with van der Waals surface area (Å²) in [6, 6.07) is 3.53. The Morgan fingerprint density at radius 2 is 2.20 bits per heavy atom. The lowest BCUT2D eigenvalue weighted by Gasteiger charge is -2.04. The highest BCUT2D eigenvalue weighted by atomic mass is 32.1. The minimum absolute atomic E-state index is 0.0383. The lowest BCUT2D eigenvalue weighted by Crippen LogP contribution is -2.12. The van der Waals surface area contributed by atoms with Gasteiger partial charge in [0.25, 0.3) is 5.91 Å². The second-order valence-electron chi connectivity index (χ2n) is 4.75. The highest BCUT2D eigenvalue weighted by molar-refractivity contribution is 7.19. The molecule has 0 saturated carbocycles. The van der Waals surface area contributed by atoms with Crippen LogP contribution >= 0.6 is 11.3 Å². The van der Waals surface area contributed by atoms with Crippen LogP contribution in [0.5, 0.6) is 0 Å². The molecule has 2 aromatic rings. The summed E-state index contributed by atoms with van der Waals surface area (Å²) in [6.45, 7) is 3.96. The highest BCUT2D eigenvalue weighted by Gasteiger charge is 2.17. The molecule has 2 aromatic heterocycles. The SMILES string of the molecule is CC(C)CC(=O)Nc1ccc(-c2nocc2C(N)=O)s1. The van der Waals surface area contributed by atoms with Crippen molar-refractivity contribution in [3.63, 3.8) is 0 Å². The first-order valence-corrected chi connectivity index (χ1v) is 6.93. The van der Waals surface area contributed by atoms with Crippen molar-refractivity contribution in [2.75, 3.05) is 5.32 Å². The van der Waals surface area contributed by atoms with Crippen LogP contribution in [-0.2, 0) is 4.79 Å². The average molecular weight is 293 g/mol. The van der Waals surface area contributed by atoms with E-state index in [1.165, 1.54) is 17.6 Å². The summed E-state index contributed by atoms with van der Waals surface area (Å²) in [5.41, 5.74) is 5.86. The van der Waals surface area contributed by atoms with Crippen LogP contribution < -0.4 is 11.1 Å². The number of aromatic nitrogens is 1. The quantitative estimate of drug-likeness (QED) is 0.884. The van der Waals surface area contributed by atoms with Crippen LogP contribution in [-0.4, -0.2) is 17.0 Å². The maximum Gasteiger partial charge on any atom is 0.254 e. The molecule has 2 heterocycles. The van der Waals surface area contributed by atoms with Gasteiger partial charge in [-0.25, -0.2) is 0 Å². The van der Waals surface area contributed by atoms with Crippen LogP contribution in [0.25, 0.3) is 10.6 Å². The van der Waals surface area contributed by atoms with E-state index in [0.29, 0.717) is 27.9 Å². The molecule has 0 spiro atoms. The average Bonchev–Trinajstić information content (AvgIpc) is 2.94. The molecule has 2 amide bonds. The highest BCUT2D eigenvalue weighted by Crippen LogP contribution is 2.32. The fourth-order valence-corrected chi connectivity index (χ4v) is 2.60. The van der Waals surface area contributed by atoms with Gasteiger partial charge in [-0.05, 0) is 18.1 Å². The van der Waals surface area contributed by atoms with E-state index in [9.17, 15) is 9.59 Å². The normalized spacial score (nSPS) is 10.8. The Kier molecular flexibility index (Phi) is 4.19. The van der Waals surface area contributed by atoms with Gasteiger partial charge in [0.1, 0.15) is 17.5 Å². The predicted molar refractivity (Wildman–Crippen MR) is 76.4 cm³/mol. The molecule has 0 saturated heterocycles. The van der Waals surface area contributed by atoms with Crippen molar-refractivity contribution in [3.8, 4) is 10.6 Å². The zero-order chi connectivity index (χ0) is 14.7. The predicted octanol–water partition coefficient (Wildman–Crippen LogP) is 2.49. The number of rotatable bonds is 5. The van der Waals surface area contributed by atoms with Crippen molar-refractivity contribution in [3.05, 3.63) is 24.0 Å². The zero-order valence-corrected chi connectivity index (χ0v) is 12.0. The molecule has 0 radical (unpaired) electrons. The first kappa shape index (κ1) is 14.3. The summed E-state index contributed by atoms with van der Waals surface area (Å²) in [5.74, 6) is -0.338. The van der Waals surface area contributed by atoms with Gasteiger partial charge in [-0.15, -0.1) is 11.3 Å². The molecule has 20 heavy (non-hydrogen) atoms. The Labute approximate surface area is 119 Å². The number of nitrogens with zero attached hydrogens (tertiary/aromatic N) is 1. The summed E-state index contributed by atoms with van der Waals surface area (Å²) >= 11 is 1.32. The van der Waals surface area contributed by atoms with Gasteiger partial charge < -0.3 is 15.6 Å². The van der Waals surface area contributed by atoms with Crippen molar-refractivity contribution in [1.29, 1.82) is 0 Å². The molecule has 6 nitrogen and oxygen atoms in total. The van der Waals surface area contributed by atoms with Crippen LogP contribution in [0.1, 0.15) is 30.6 Å². The fourth-order valence-electron chi connectivity index (χ4n) is 1.68. The first-order valence-electron chi connectivity index (χ1n) is 6.11. The molecular formula is C13H15N3O3S. The molecule has 0 fully saturated rings. The van der Waals surface area contributed by atoms with E-state index in [2.05, 4.69) is 10.5 Å². The molecule has 0 aliphatic rings. The molecule has 0 unspecified atom stereocenters. The molecule has 0 aromatic carbocycles. The monoisotopic (exact) mass is 293 g/mol. The Morgan fingerprint density at radius 1 is 1.45 bits per heavy atom. The van der Waals surface area contributed by atoms with Crippen LogP contribution in [0.2, 0.25) is 0 Å². The minimum Gasteiger partial charge on any atom is -0.365 e. The largest absolute Gasteiger partial charge is 0.365 e. The first-order chi connectivity index (χ1) is 9.47. The number of thiophene rings is 1. The third kappa shape index (κ3) is 3.24. The van der Waals surface area contributed by atoms with Gasteiger partial charge in [0, 0.05) is 6.42 Å². The summed E-state index contributed by atoms with van der Waals surface area (Å²) < 4.78 is 4.77. The molecule has 0 aliphatic heterocycles. The van der Waals surface area contributed by atoms with Crippen LogP contribution in [0.15, 0.2) is 22.9 Å². The number of nitrogens with one attached hydrogen (secondary N) is 1. The Hall–Kier alpha value is -2.15. The zero-order valence-electron chi connectivity index (χ0n) is 11.2. The summed E-state index contributed by atoms with van der Waals surface area (Å²) in [6.07, 6.45) is 1.68. The molecular weight excluding hydrogens is 278 g/mol. The van der Waals surface area contributed by atoms with Crippen molar-refractivity contribution >= 4 is 28.2 Å². The van der Waals surface area contributed by atoms with Crippen molar-refractivity contribution in [1.82, 2.24) is 5.16 Å². The molecule has 2 rings (SSSR count). The molecule has 0 aliphatic carbocycles. The molecule has 3 N–H and O–H groups in total. The van der Waals surface area contributed by atoms with E-state index in [1.54, 1.807) is 12.1 Å². The van der Waals surface area contributed by atoms with Gasteiger partial charge in [0.05, 0.1) is 9.88 Å². The van der Waals surface area contributed by atoms with E-state index >= 15 is 0 Å². The van der Waals surface area contributed by atoms with E-state index in [-0.39, 0.29) is 11.5 Å². The van der Waals surface area contributed by atoms with E-state index < -0.39 is 5.91 Å². The number of primary amides is 1. The summed E-state index contributed by atoms with van der Waals surface area (Å²) in [7, 11) is 0. The number of carbonyl (C=O) groups excluding carboxylic acids is 2. The Morgan fingerprint density at radius 3 is 2.85 bits per heavy atom. The maximum atomic E-state index is 11.7. The molecule has 7 heteroatoms. The van der Waals surface area contributed by atoms with Gasteiger partial charge in [-0.3, -0.25) is 9.59 Å². The van der Waals surface area contributed by atoms with Crippen molar-refractivity contribution in [2.24, 2.45) is 11.7 Å². The van der Waals surface area contributed by atoms with Gasteiger partial charge in [0.2, 0.25) is 5.91 Å². The number of hydrogen-bond acceptors (Lipinski definition) is 5. The number of nitrogens with two attached hydrogens (primary N) is 1. The van der Waals surface area contributed by atoms with Gasteiger partial charge in [0.15, 0.2) is 0 Å². The van der Waals surface area contributed by atoms with Crippen molar-refractivity contribution in [2.45, 2.75) is 20.3 Å². The summed E-state index contributed by atoms with van der Waals surface area (Å²) in [5, 5.41) is 7.28. The van der Waals surface area contributed by atoms with Gasteiger partial charge in [-0.2, -0.15) is 0 Å². The summed E-state index contributed by atoms with van der Waals surface area (Å²) in [4.78, 5) is 23.6. The van der Waals surface area contributed by atoms with Crippen LogP contribution in [0.4, 0.5) is 5.00 Å². The number of carbonyl (C=O) groups is 2. The van der Waals surface area contributed by atoms with Gasteiger partial charge >= 0.3 is 0 Å². The minimum atomic E-state index is -0.597. The molecule has 106 valence electrons. The second-order valence-corrected chi connectivity index (χ2v) is 5.83. The number of anilines is 1. The molecule has 0 atom stereocenters. The van der Waals surface area contributed by atoms with Gasteiger partial charge in [-0.1, -0.05) is 19.0 Å². The number of hydrogen-bond donors (Lipinski definition) is 2.